The van der Waals surface area contributed by atoms with Gasteiger partial charge in [-0.1, -0.05) is 13.0 Å². The number of ether oxygens (including phenoxy) is 1. The maximum atomic E-state index is 13.2. The second-order valence-electron chi connectivity index (χ2n) is 4.32. The molecule has 4 nitrogen and oxygen atoms in total. The fourth-order valence-corrected chi connectivity index (χ4v) is 1.78. The minimum atomic E-state index is -0.352. The lowest BCUT2D eigenvalue weighted by molar-refractivity contribution is 0.302. The largest absolute Gasteiger partial charge is 0.477 e. The van der Waals surface area contributed by atoms with Crippen molar-refractivity contribution in [2.75, 3.05) is 13.2 Å². The molecule has 0 aliphatic heterocycles. The van der Waals surface area contributed by atoms with Gasteiger partial charge in [0.2, 0.25) is 5.88 Å². The fraction of sp³-hybridized carbons (Fsp3) is 0.333. The van der Waals surface area contributed by atoms with Gasteiger partial charge >= 0.3 is 0 Å². The predicted molar refractivity (Wildman–Crippen MR) is 75.0 cm³/mol. The van der Waals surface area contributed by atoms with Crippen molar-refractivity contribution < 1.29 is 9.13 Å². The quantitative estimate of drug-likeness (QED) is 0.842. The van der Waals surface area contributed by atoms with Crippen LogP contribution in [-0.4, -0.2) is 23.1 Å². The highest BCUT2D eigenvalue weighted by Crippen LogP contribution is 2.16. The molecule has 0 aliphatic carbocycles. The van der Waals surface area contributed by atoms with Crippen LogP contribution in [0.15, 0.2) is 36.7 Å². The van der Waals surface area contributed by atoms with Gasteiger partial charge in [0.25, 0.3) is 0 Å². The van der Waals surface area contributed by atoms with Crippen LogP contribution in [0.4, 0.5) is 4.39 Å². The SMILES string of the molecule is CCNCc1cc(F)cnc1OCCc1ccccn1. The summed E-state index contributed by atoms with van der Waals surface area (Å²) in [5.74, 6) is 0.123. The zero-order valence-corrected chi connectivity index (χ0v) is 11.5. The predicted octanol–water partition coefficient (Wildman–Crippen LogP) is 2.35. The smallest absolute Gasteiger partial charge is 0.218 e. The first-order chi connectivity index (χ1) is 9.79. The third-order valence-corrected chi connectivity index (χ3v) is 2.78. The zero-order valence-electron chi connectivity index (χ0n) is 11.5. The van der Waals surface area contributed by atoms with E-state index in [0.717, 1.165) is 17.8 Å². The van der Waals surface area contributed by atoms with E-state index in [2.05, 4.69) is 15.3 Å². The molecule has 0 bridgehead atoms. The Morgan fingerprint density at radius 1 is 1.30 bits per heavy atom. The summed E-state index contributed by atoms with van der Waals surface area (Å²) in [6.07, 6.45) is 3.62. The molecular weight excluding hydrogens is 257 g/mol. The number of nitrogens with zero attached hydrogens (tertiary/aromatic N) is 2. The summed E-state index contributed by atoms with van der Waals surface area (Å²) in [5.41, 5.74) is 1.69. The van der Waals surface area contributed by atoms with Gasteiger partial charge in [-0.15, -0.1) is 0 Å². The Bertz CT molecular complexity index is 534. The van der Waals surface area contributed by atoms with Gasteiger partial charge in [-0.3, -0.25) is 4.98 Å². The number of halogens is 1. The average Bonchev–Trinajstić information content (AvgIpc) is 2.48. The van der Waals surface area contributed by atoms with Crippen molar-refractivity contribution in [3.63, 3.8) is 0 Å². The van der Waals surface area contributed by atoms with E-state index in [1.807, 2.05) is 25.1 Å². The minimum Gasteiger partial charge on any atom is -0.477 e. The molecule has 0 amide bonds. The van der Waals surface area contributed by atoms with E-state index >= 15 is 0 Å². The van der Waals surface area contributed by atoms with Crippen LogP contribution in [0.25, 0.3) is 0 Å². The highest BCUT2D eigenvalue weighted by atomic mass is 19.1. The summed E-state index contributed by atoms with van der Waals surface area (Å²) in [6, 6.07) is 7.21. The molecule has 5 heteroatoms. The molecule has 0 aliphatic rings. The molecule has 0 saturated heterocycles. The van der Waals surface area contributed by atoms with Gasteiger partial charge in [0.05, 0.1) is 12.8 Å². The molecule has 0 fully saturated rings. The van der Waals surface area contributed by atoms with Gasteiger partial charge in [0.1, 0.15) is 5.82 Å². The molecule has 0 saturated carbocycles. The lowest BCUT2D eigenvalue weighted by Gasteiger charge is -2.10. The van der Waals surface area contributed by atoms with E-state index in [-0.39, 0.29) is 5.82 Å². The van der Waals surface area contributed by atoms with Crippen molar-refractivity contribution in [1.82, 2.24) is 15.3 Å². The van der Waals surface area contributed by atoms with E-state index in [9.17, 15) is 4.39 Å². The Balaban J connectivity index is 1.94. The molecule has 0 radical (unpaired) electrons. The molecule has 2 aromatic heterocycles. The first-order valence-electron chi connectivity index (χ1n) is 6.67. The molecule has 0 aromatic carbocycles. The summed E-state index contributed by atoms with van der Waals surface area (Å²) in [7, 11) is 0. The first-order valence-corrected chi connectivity index (χ1v) is 6.67. The Morgan fingerprint density at radius 3 is 2.95 bits per heavy atom. The van der Waals surface area contributed by atoms with Crippen LogP contribution >= 0.6 is 0 Å². The molecule has 2 aromatic rings. The second kappa shape index (κ2) is 7.55. The van der Waals surface area contributed by atoms with Crippen molar-refractivity contribution in [2.45, 2.75) is 19.9 Å². The molecule has 0 atom stereocenters. The lowest BCUT2D eigenvalue weighted by atomic mass is 10.2. The van der Waals surface area contributed by atoms with Crippen LogP contribution in [0.1, 0.15) is 18.2 Å². The van der Waals surface area contributed by atoms with Crippen LogP contribution in [0, 0.1) is 5.82 Å². The minimum absolute atomic E-state index is 0.352. The zero-order chi connectivity index (χ0) is 14.2. The van der Waals surface area contributed by atoms with Crippen molar-refractivity contribution >= 4 is 0 Å². The topological polar surface area (TPSA) is 47.0 Å². The molecule has 106 valence electrons. The van der Waals surface area contributed by atoms with Crippen LogP contribution in [0.5, 0.6) is 5.88 Å². The average molecular weight is 275 g/mol. The summed E-state index contributed by atoms with van der Waals surface area (Å²) in [4.78, 5) is 8.23. The van der Waals surface area contributed by atoms with Gasteiger partial charge in [0.15, 0.2) is 0 Å². The molecule has 2 heterocycles. The van der Waals surface area contributed by atoms with Gasteiger partial charge in [-0.05, 0) is 24.7 Å². The lowest BCUT2D eigenvalue weighted by Crippen LogP contribution is -2.14. The molecule has 0 spiro atoms. The van der Waals surface area contributed by atoms with Gasteiger partial charge < -0.3 is 10.1 Å². The number of aromatic nitrogens is 2. The summed E-state index contributed by atoms with van der Waals surface area (Å²) in [6.45, 7) is 3.81. The number of hydrogen-bond donors (Lipinski definition) is 1. The normalized spacial score (nSPS) is 10.5. The van der Waals surface area contributed by atoms with Crippen molar-refractivity contribution in [2.24, 2.45) is 0 Å². The van der Waals surface area contributed by atoms with Crippen molar-refractivity contribution in [3.05, 3.63) is 53.7 Å². The molecule has 20 heavy (non-hydrogen) atoms. The summed E-state index contributed by atoms with van der Waals surface area (Å²) in [5, 5.41) is 3.14. The Labute approximate surface area is 118 Å². The summed E-state index contributed by atoms with van der Waals surface area (Å²) >= 11 is 0. The standard InChI is InChI=1S/C15H18FN3O/c1-2-17-10-12-9-13(16)11-19-15(12)20-8-6-14-5-3-4-7-18-14/h3-5,7,9,11,17H,2,6,8,10H2,1H3. The Morgan fingerprint density at radius 2 is 2.20 bits per heavy atom. The van der Waals surface area contributed by atoms with E-state index < -0.39 is 0 Å². The molecule has 0 unspecified atom stereocenters. The van der Waals surface area contributed by atoms with E-state index in [0.29, 0.717) is 25.5 Å². The summed E-state index contributed by atoms with van der Waals surface area (Å²) < 4.78 is 18.8. The van der Waals surface area contributed by atoms with E-state index in [1.54, 1.807) is 6.20 Å². The van der Waals surface area contributed by atoms with E-state index in [1.165, 1.54) is 12.3 Å². The number of rotatable bonds is 7. The third-order valence-electron chi connectivity index (χ3n) is 2.78. The molecular formula is C15H18FN3O. The number of nitrogens with one attached hydrogen (secondary N) is 1. The highest BCUT2D eigenvalue weighted by Gasteiger charge is 2.07. The van der Waals surface area contributed by atoms with Gasteiger partial charge in [0, 0.05) is 30.4 Å². The second-order valence-corrected chi connectivity index (χ2v) is 4.32. The van der Waals surface area contributed by atoms with Gasteiger partial charge in [-0.25, -0.2) is 9.37 Å². The van der Waals surface area contributed by atoms with Crippen LogP contribution in [0.2, 0.25) is 0 Å². The number of hydrogen-bond acceptors (Lipinski definition) is 4. The third kappa shape index (κ3) is 4.28. The monoisotopic (exact) mass is 275 g/mol. The first kappa shape index (κ1) is 14.4. The van der Waals surface area contributed by atoms with Crippen LogP contribution in [-0.2, 0) is 13.0 Å². The maximum absolute atomic E-state index is 13.2. The van der Waals surface area contributed by atoms with Crippen LogP contribution in [0.3, 0.4) is 0 Å². The van der Waals surface area contributed by atoms with E-state index in [4.69, 9.17) is 4.74 Å². The van der Waals surface area contributed by atoms with Gasteiger partial charge in [-0.2, -0.15) is 0 Å². The van der Waals surface area contributed by atoms with Crippen molar-refractivity contribution in [1.29, 1.82) is 0 Å². The van der Waals surface area contributed by atoms with Crippen molar-refractivity contribution in [3.8, 4) is 5.88 Å². The highest BCUT2D eigenvalue weighted by molar-refractivity contribution is 5.26. The molecule has 2 rings (SSSR count). The maximum Gasteiger partial charge on any atom is 0.218 e. The number of pyridine rings is 2. The Kier molecular flexibility index (Phi) is 5.43. The Hall–Kier alpha value is -2.01. The fourth-order valence-electron chi connectivity index (χ4n) is 1.78. The molecule has 1 N–H and O–H groups in total. The van der Waals surface area contributed by atoms with Crippen LogP contribution < -0.4 is 10.1 Å².